The molecule has 0 radical (unpaired) electrons. The Bertz CT molecular complexity index is 1240. The summed E-state index contributed by atoms with van der Waals surface area (Å²) in [6.07, 6.45) is 0. The van der Waals surface area contributed by atoms with Gasteiger partial charge >= 0.3 is 0 Å². The number of amides is 1. The molecular formula is C27H29N3O6. The van der Waals surface area contributed by atoms with E-state index in [0.717, 1.165) is 35.6 Å². The molecule has 1 amide bonds. The number of morpholine rings is 1. The van der Waals surface area contributed by atoms with Gasteiger partial charge in [0.05, 0.1) is 19.8 Å². The van der Waals surface area contributed by atoms with Crippen LogP contribution in [0.15, 0.2) is 48.5 Å². The van der Waals surface area contributed by atoms with Crippen LogP contribution in [0.1, 0.15) is 15.9 Å². The first-order valence-corrected chi connectivity index (χ1v) is 12.0. The minimum absolute atomic E-state index is 0.0980. The molecule has 0 unspecified atom stereocenters. The number of fused-ring (bicyclic) bond motifs is 1. The van der Waals surface area contributed by atoms with Crippen molar-refractivity contribution in [2.75, 3.05) is 62.9 Å². The van der Waals surface area contributed by atoms with Crippen molar-refractivity contribution in [1.82, 2.24) is 4.98 Å². The van der Waals surface area contributed by atoms with Gasteiger partial charge in [-0.1, -0.05) is 6.07 Å². The highest BCUT2D eigenvalue weighted by Crippen LogP contribution is 2.33. The van der Waals surface area contributed by atoms with E-state index in [1.165, 1.54) is 0 Å². The molecule has 2 aliphatic heterocycles. The van der Waals surface area contributed by atoms with E-state index in [2.05, 4.69) is 15.2 Å². The summed E-state index contributed by atoms with van der Waals surface area (Å²) >= 11 is 0. The number of nitrogens with one attached hydrogen (secondary N) is 1. The molecule has 5 rings (SSSR count). The second-order valence-corrected chi connectivity index (χ2v) is 8.57. The average Bonchev–Trinajstić information content (AvgIpc) is 2.93. The van der Waals surface area contributed by atoms with Crippen LogP contribution in [0.5, 0.6) is 17.4 Å². The monoisotopic (exact) mass is 491 g/mol. The summed E-state index contributed by atoms with van der Waals surface area (Å²) in [4.78, 5) is 19.8. The van der Waals surface area contributed by atoms with Crippen molar-refractivity contribution < 1.29 is 28.8 Å². The van der Waals surface area contributed by atoms with Gasteiger partial charge in [0.2, 0.25) is 5.88 Å². The number of hydrogen-bond acceptors (Lipinski definition) is 8. The fourth-order valence-corrected chi connectivity index (χ4v) is 4.22. The zero-order valence-electron chi connectivity index (χ0n) is 20.2. The highest BCUT2D eigenvalue weighted by Gasteiger charge is 2.18. The van der Waals surface area contributed by atoms with Gasteiger partial charge in [0, 0.05) is 30.4 Å². The lowest BCUT2D eigenvalue weighted by molar-refractivity contribution is 0.102. The number of benzene rings is 2. The number of ether oxygens (including phenoxy) is 4. The second-order valence-electron chi connectivity index (χ2n) is 8.57. The third-order valence-corrected chi connectivity index (χ3v) is 6.08. The number of aliphatic hydroxyl groups excluding tert-OH is 1. The van der Waals surface area contributed by atoms with E-state index < -0.39 is 0 Å². The number of pyridine rings is 1. The molecule has 0 atom stereocenters. The Kier molecular flexibility index (Phi) is 7.20. The molecule has 0 aliphatic carbocycles. The Hall–Kier alpha value is -3.82. The van der Waals surface area contributed by atoms with Gasteiger partial charge in [-0.05, 0) is 60.0 Å². The smallest absolute Gasteiger partial charge is 0.255 e. The number of carbonyl (C=O) groups is 1. The van der Waals surface area contributed by atoms with Crippen LogP contribution in [0.2, 0.25) is 0 Å². The molecule has 1 saturated heterocycles. The van der Waals surface area contributed by atoms with Crippen LogP contribution < -0.4 is 24.4 Å². The first-order chi connectivity index (χ1) is 17.6. The number of hydrogen-bond donors (Lipinski definition) is 2. The lowest BCUT2D eigenvalue weighted by Gasteiger charge is -2.28. The molecule has 36 heavy (non-hydrogen) atoms. The zero-order valence-corrected chi connectivity index (χ0v) is 20.2. The van der Waals surface area contributed by atoms with Gasteiger partial charge < -0.3 is 34.3 Å². The molecule has 9 nitrogen and oxygen atoms in total. The molecule has 9 heteroatoms. The maximum Gasteiger partial charge on any atom is 0.255 e. The van der Waals surface area contributed by atoms with E-state index >= 15 is 0 Å². The molecule has 0 bridgehead atoms. The minimum atomic E-state index is -0.238. The normalized spacial score (nSPS) is 14.9. The van der Waals surface area contributed by atoms with Crippen molar-refractivity contribution >= 4 is 17.4 Å². The van der Waals surface area contributed by atoms with E-state index in [1.807, 2.05) is 37.3 Å². The lowest BCUT2D eigenvalue weighted by atomic mass is 10.00. The van der Waals surface area contributed by atoms with Gasteiger partial charge in [-0.25, -0.2) is 0 Å². The SMILES string of the molecule is Cc1ccc(NC(=O)c2ccc3c(c2)OCCO3)cc1-c1cc(OCCO)nc(N2CCOCC2)c1. The topological polar surface area (TPSA) is 102 Å². The molecule has 3 aromatic rings. The lowest BCUT2D eigenvalue weighted by Crippen LogP contribution is -2.36. The highest BCUT2D eigenvalue weighted by atomic mass is 16.6. The number of rotatable bonds is 7. The molecule has 2 aromatic carbocycles. The van der Waals surface area contributed by atoms with Crippen LogP contribution in [-0.4, -0.2) is 68.7 Å². The first kappa shape index (κ1) is 23.9. The Morgan fingerprint density at radius 2 is 1.83 bits per heavy atom. The minimum Gasteiger partial charge on any atom is -0.486 e. The van der Waals surface area contributed by atoms with Crippen molar-refractivity contribution in [2.45, 2.75) is 6.92 Å². The molecule has 0 saturated carbocycles. The number of carbonyl (C=O) groups excluding carboxylic acids is 1. The summed E-state index contributed by atoms with van der Waals surface area (Å²) in [7, 11) is 0. The van der Waals surface area contributed by atoms with Gasteiger partial charge in [-0.2, -0.15) is 4.98 Å². The van der Waals surface area contributed by atoms with Crippen LogP contribution >= 0.6 is 0 Å². The van der Waals surface area contributed by atoms with Crippen LogP contribution in [0.3, 0.4) is 0 Å². The number of nitrogens with zero attached hydrogens (tertiary/aromatic N) is 2. The first-order valence-electron chi connectivity index (χ1n) is 12.0. The van der Waals surface area contributed by atoms with E-state index in [0.29, 0.717) is 55.1 Å². The van der Waals surface area contributed by atoms with Gasteiger partial charge in [0.1, 0.15) is 25.6 Å². The molecule has 2 N–H and O–H groups in total. The van der Waals surface area contributed by atoms with Crippen LogP contribution in [0.25, 0.3) is 11.1 Å². The summed E-state index contributed by atoms with van der Waals surface area (Å²) < 4.78 is 22.3. The highest BCUT2D eigenvalue weighted by molar-refractivity contribution is 6.05. The van der Waals surface area contributed by atoms with Gasteiger partial charge in [-0.15, -0.1) is 0 Å². The van der Waals surface area contributed by atoms with Gasteiger partial charge in [0.25, 0.3) is 5.91 Å². The predicted molar refractivity (Wildman–Crippen MR) is 135 cm³/mol. The largest absolute Gasteiger partial charge is 0.486 e. The van der Waals surface area contributed by atoms with Crippen LogP contribution in [-0.2, 0) is 4.74 Å². The standard InChI is InChI=1S/C27H29N3O6/c1-18-2-4-21(28-27(32)19-3-5-23-24(14-19)35-13-12-34-23)17-22(18)20-15-25(30-6-9-33-10-7-30)29-26(16-20)36-11-8-31/h2-5,14-17,31H,6-13H2,1H3,(H,28,32). The molecular weight excluding hydrogens is 462 g/mol. The third-order valence-electron chi connectivity index (χ3n) is 6.08. The van der Waals surface area contributed by atoms with E-state index in [9.17, 15) is 9.90 Å². The summed E-state index contributed by atoms with van der Waals surface area (Å²) in [5, 5.41) is 12.2. The summed E-state index contributed by atoms with van der Waals surface area (Å²) in [5.74, 6) is 2.20. The number of aliphatic hydroxyl groups is 1. The van der Waals surface area contributed by atoms with Crippen LogP contribution in [0.4, 0.5) is 11.5 Å². The zero-order chi connectivity index (χ0) is 24.9. The summed E-state index contributed by atoms with van der Waals surface area (Å²) in [5.41, 5.74) is 4.05. The van der Waals surface area contributed by atoms with Gasteiger partial charge in [0.15, 0.2) is 11.5 Å². The number of anilines is 2. The van der Waals surface area contributed by atoms with Crippen molar-refractivity contribution in [3.63, 3.8) is 0 Å². The predicted octanol–water partition coefficient (Wildman–Crippen LogP) is 3.29. The summed E-state index contributed by atoms with van der Waals surface area (Å²) in [6.45, 7) is 5.79. The molecule has 3 heterocycles. The van der Waals surface area contributed by atoms with E-state index in [1.54, 1.807) is 18.2 Å². The fourth-order valence-electron chi connectivity index (χ4n) is 4.22. The van der Waals surface area contributed by atoms with Crippen molar-refractivity contribution in [3.05, 3.63) is 59.7 Å². The Morgan fingerprint density at radius 1 is 1.03 bits per heavy atom. The molecule has 0 spiro atoms. The fraction of sp³-hybridized carbons (Fsp3) is 0.333. The van der Waals surface area contributed by atoms with Gasteiger partial charge in [-0.3, -0.25) is 4.79 Å². The number of aromatic nitrogens is 1. The Balaban J connectivity index is 1.42. The second kappa shape index (κ2) is 10.8. The van der Waals surface area contributed by atoms with E-state index in [4.69, 9.17) is 18.9 Å². The molecule has 1 aromatic heterocycles. The van der Waals surface area contributed by atoms with Crippen LogP contribution in [0, 0.1) is 6.92 Å². The van der Waals surface area contributed by atoms with Crippen molar-refractivity contribution in [2.24, 2.45) is 0 Å². The third kappa shape index (κ3) is 5.37. The average molecular weight is 492 g/mol. The van der Waals surface area contributed by atoms with E-state index in [-0.39, 0.29) is 19.1 Å². The van der Waals surface area contributed by atoms with Crippen molar-refractivity contribution in [1.29, 1.82) is 0 Å². The molecule has 2 aliphatic rings. The Labute approximate surface area is 209 Å². The quantitative estimate of drug-likeness (QED) is 0.519. The van der Waals surface area contributed by atoms with Crippen molar-refractivity contribution in [3.8, 4) is 28.5 Å². The maximum absolute atomic E-state index is 13.0. The molecule has 188 valence electrons. The number of aryl methyl sites for hydroxylation is 1. The summed E-state index contributed by atoms with van der Waals surface area (Å²) in [6, 6.07) is 14.8. The maximum atomic E-state index is 13.0. The Morgan fingerprint density at radius 3 is 2.64 bits per heavy atom. The molecule has 1 fully saturated rings.